The Kier molecular flexibility index (Phi) is 2.48. The fourth-order valence-corrected chi connectivity index (χ4v) is 5.75. The quantitative estimate of drug-likeness (QED) is 0.633. The minimum Gasteiger partial charge on any atom is -0.493 e. The minimum absolute atomic E-state index is 0.0793. The zero-order valence-electron chi connectivity index (χ0n) is 14.0. The van der Waals surface area contributed by atoms with Gasteiger partial charge in [0.1, 0.15) is 18.2 Å². The highest BCUT2D eigenvalue weighted by Gasteiger charge is 2.67. The molecule has 2 aliphatic heterocycles. The summed E-state index contributed by atoms with van der Waals surface area (Å²) in [6, 6.07) is 4.79. The maximum atomic E-state index is 10.6. The van der Waals surface area contributed by atoms with Crippen LogP contribution in [0.25, 0.3) is 0 Å². The Labute approximate surface area is 136 Å². The van der Waals surface area contributed by atoms with E-state index in [1.54, 1.807) is 7.11 Å². The van der Waals surface area contributed by atoms with Crippen molar-refractivity contribution in [2.45, 2.75) is 36.5 Å². The van der Waals surface area contributed by atoms with Gasteiger partial charge >= 0.3 is 0 Å². The van der Waals surface area contributed by atoms with Crippen molar-refractivity contribution in [1.29, 1.82) is 0 Å². The smallest absolute Gasteiger partial charge is 0.165 e. The molecule has 1 aromatic rings. The van der Waals surface area contributed by atoms with Gasteiger partial charge in [0, 0.05) is 24.3 Å². The summed E-state index contributed by atoms with van der Waals surface area (Å²) in [7, 11) is 6.38. The van der Waals surface area contributed by atoms with Gasteiger partial charge < -0.3 is 19.1 Å². The Morgan fingerprint density at radius 1 is 1.30 bits per heavy atom. The number of piperidine rings is 1. The largest absolute Gasteiger partial charge is 0.493 e. The van der Waals surface area contributed by atoms with Crippen LogP contribution in [0, 0.1) is 5.92 Å². The van der Waals surface area contributed by atoms with E-state index < -0.39 is 6.10 Å². The molecule has 4 nitrogen and oxygen atoms in total. The van der Waals surface area contributed by atoms with Crippen molar-refractivity contribution in [3.63, 3.8) is 0 Å². The first-order valence-electron chi connectivity index (χ1n) is 8.55. The molecule has 0 unspecified atom stereocenters. The minimum atomic E-state index is -0.538. The molecule has 5 rings (SSSR count). The monoisotopic (exact) mass is 314 g/mol. The van der Waals surface area contributed by atoms with Gasteiger partial charge in [-0.05, 0) is 11.6 Å². The number of aliphatic hydroxyl groups is 1. The zero-order valence-corrected chi connectivity index (χ0v) is 14.0. The van der Waals surface area contributed by atoms with Crippen LogP contribution < -0.4 is 9.47 Å². The Morgan fingerprint density at radius 2 is 2.13 bits per heavy atom. The number of likely N-dealkylation sites (tertiary alicyclic amines) is 1. The molecule has 5 atom stereocenters. The van der Waals surface area contributed by atoms with Gasteiger partial charge in [0.25, 0.3) is 0 Å². The van der Waals surface area contributed by atoms with Gasteiger partial charge in [-0.2, -0.15) is 0 Å². The molecule has 4 aliphatic rings. The van der Waals surface area contributed by atoms with Crippen molar-refractivity contribution in [3.8, 4) is 11.5 Å². The number of rotatable bonds is 1. The highest BCUT2D eigenvalue weighted by Crippen LogP contribution is 2.63. The molecular weight excluding hydrogens is 290 g/mol. The first kappa shape index (κ1) is 13.9. The van der Waals surface area contributed by atoms with Crippen LogP contribution in [0.5, 0.6) is 11.5 Å². The summed E-state index contributed by atoms with van der Waals surface area (Å²) >= 11 is 0. The van der Waals surface area contributed by atoms with Crippen molar-refractivity contribution >= 4 is 0 Å². The molecule has 1 spiro atoms. The van der Waals surface area contributed by atoms with E-state index in [2.05, 4.69) is 26.2 Å². The van der Waals surface area contributed by atoms with E-state index in [0.29, 0.717) is 12.0 Å². The summed E-state index contributed by atoms with van der Waals surface area (Å²) in [6.07, 6.45) is 5.64. The zero-order chi connectivity index (χ0) is 16.0. The molecule has 23 heavy (non-hydrogen) atoms. The molecule has 0 amide bonds. The van der Waals surface area contributed by atoms with Crippen LogP contribution in [0.1, 0.15) is 17.5 Å². The summed E-state index contributed by atoms with van der Waals surface area (Å²) < 4.78 is 12.9. The fourth-order valence-electron chi connectivity index (χ4n) is 5.75. The average Bonchev–Trinajstić information content (AvgIpc) is 2.88. The molecule has 0 aromatic heterocycles. The molecule has 1 aromatic carbocycles. The first-order chi connectivity index (χ1) is 11.0. The highest BCUT2D eigenvalue weighted by atomic mass is 16.5. The van der Waals surface area contributed by atoms with E-state index in [1.165, 1.54) is 11.1 Å². The lowest BCUT2D eigenvalue weighted by atomic mass is 9.53. The molecule has 1 saturated heterocycles. The van der Waals surface area contributed by atoms with Gasteiger partial charge in [-0.25, -0.2) is 0 Å². The first-order valence-corrected chi connectivity index (χ1v) is 8.55. The molecule has 0 radical (unpaired) electrons. The van der Waals surface area contributed by atoms with Crippen LogP contribution in [-0.2, 0) is 11.8 Å². The molecule has 2 aliphatic carbocycles. The van der Waals surface area contributed by atoms with Gasteiger partial charge in [-0.1, -0.05) is 18.2 Å². The Hall–Kier alpha value is -1.52. The van der Waals surface area contributed by atoms with E-state index >= 15 is 0 Å². The number of benzene rings is 1. The average molecular weight is 314 g/mol. The van der Waals surface area contributed by atoms with E-state index in [4.69, 9.17) is 9.47 Å². The number of ether oxygens (including phenoxy) is 2. The van der Waals surface area contributed by atoms with Crippen LogP contribution in [0.2, 0.25) is 0 Å². The van der Waals surface area contributed by atoms with Crippen LogP contribution >= 0.6 is 0 Å². The molecule has 1 fully saturated rings. The van der Waals surface area contributed by atoms with Gasteiger partial charge in [0.15, 0.2) is 11.5 Å². The lowest BCUT2D eigenvalue weighted by molar-refractivity contribution is -0.926. The van der Waals surface area contributed by atoms with E-state index in [0.717, 1.165) is 35.4 Å². The van der Waals surface area contributed by atoms with Crippen LogP contribution in [0.3, 0.4) is 0 Å². The predicted octanol–water partition coefficient (Wildman–Crippen LogP) is 1.65. The van der Waals surface area contributed by atoms with Gasteiger partial charge in [0.2, 0.25) is 0 Å². The van der Waals surface area contributed by atoms with Gasteiger partial charge in [-0.15, -0.1) is 0 Å². The van der Waals surface area contributed by atoms with E-state index in [-0.39, 0.29) is 11.5 Å². The second kappa shape index (κ2) is 4.11. The van der Waals surface area contributed by atoms with Crippen molar-refractivity contribution in [3.05, 3.63) is 35.4 Å². The standard InChI is InChI=1S/C19H24NO3/c1-20(2)9-8-19-12-5-6-14(21)18(19)23-17-15(22-3)7-4-11(16(17)19)10-13(12)20/h4-7,12-14,18,21H,8-10H2,1-3H3/q+1/t12-,13+,14-,18-,19-/m1/s1. The number of nitrogens with zero attached hydrogens (tertiary/aromatic N) is 1. The Balaban J connectivity index is 1.82. The second-order valence-electron chi connectivity index (χ2n) is 8.13. The number of methoxy groups -OCH3 is 1. The lowest BCUT2D eigenvalue weighted by Gasteiger charge is -2.58. The maximum absolute atomic E-state index is 10.6. The van der Waals surface area contributed by atoms with Gasteiger partial charge in [0.05, 0.1) is 33.2 Å². The SMILES string of the molecule is COc1ccc2c3c1O[C@@H]1[C@H](O)C=C[C@@H]4[C@H](C2)[N+](C)(C)CC[C@]341. The van der Waals surface area contributed by atoms with Crippen LogP contribution in [-0.4, -0.2) is 55.6 Å². The van der Waals surface area contributed by atoms with Crippen molar-refractivity contribution < 1.29 is 19.1 Å². The molecule has 0 saturated carbocycles. The molecule has 4 heteroatoms. The number of aliphatic hydroxyl groups excluding tert-OH is 1. The number of quaternary nitrogens is 1. The topological polar surface area (TPSA) is 38.7 Å². The third-order valence-corrected chi connectivity index (χ3v) is 6.91. The van der Waals surface area contributed by atoms with Gasteiger partial charge in [-0.3, -0.25) is 0 Å². The lowest BCUT2D eigenvalue weighted by Crippen LogP contribution is -2.70. The molecule has 2 bridgehead atoms. The molecule has 1 N–H and O–H groups in total. The van der Waals surface area contributed by atoms with Crippen LogP contribution in [0.15, 0.2) is 24.3 Å². The summed E-state index contributed by atoms with van der Waals surface area (Å²) in [5.74, 6) is 2.12. The summed E-state index contributed by atoms with van der Waals surface area (Å²) in [6.45, 7) is 1.12. The van der Waals surface area contributed by atoms with Crippen molar-refractivity contribution in [2.75, 3.05) is 27.7 Å². The van der Waals surface area contributed by atoms with Crippen molar-refractivity contribution in [2.24, 2.45) is 5.92 Å². The van der Waals surface area contributed by atoms with Crippen molar-refractivity contribution in [1.82, 2.24) is 0 Å². The normalized spacial score (nSPS) is 41.2. The van der Waals surface area contributed by atoms with Crippen LogP contribution in [0.4, 0.5) is 0 Å². The van der Waals surface area contributed by atoms with E-state index in [1.807, 2.05) is 12.1 Å². The summed E-state index contributed by atoms with van der Waals surface area (Å²) in [5, 5.41) is 10.6. The predicted molar refractivity (Wildman–Crippen MR) is 86.8 cm³/mol. The molecular formula is C19H24NO3+. The fraction of sp³-hybridized carbons (Fsp3) is 0.579. The molecule has 122 valence electrons. The molecule has 2 heterocycles. The highest BCUT2D eigenvalue weighted by molar-refractivity contribution is 5.61. The number of likely N-dealkylation sites (N-methyl/N-ethyl adjacent to an activating group) is 1. The summed E-state index contributed by atoms with van der Waals surface area (Å²) in [5.41, 5.74) is 2.63. The van der Waals surface area contributed by atoms with E-state index in [9.17, 15) is 5.11 Å². The number of hydrogen-bond donors (Lipinski definition) is 1. The third-order valence-electron chi connectivity index (χ3n) is 6.91. The Morgan fingerprint density at radius 3 is 2.91 bits per heavy atom. The second-order valence-corrected chi connectivity index (χ2v) is 8.13. The maximum Gasteiger partial charge on any atom is 0.165 e. The Bertz CT molecular complexity index is 726. The third kappa shape index (κ3) is 1.45. The summed E-state index contributed by atoms with van der Waals surface area (Å²) in [4.78, 5) is 0. The number of hydrogen-bond acceptors (Lipinski definition) is 3.